The Labute approximate surface area is 323 Å². The van der Waals surface area contributed by atoms with Gasteiger partial charge in [0.2, 0.25) is 0 Å². The van der Waals surface area contributed by atoms with Gasteiger partial charge >= 0.3 is 0 Å². The highest BCUT2D eigenvalue weighted by molar-refractivity contribution is 6.07. The van der Waals surface area contributed by atoms with E-state index >= 15 is 0 Å². The van der Waals surface area contributed by atoms with Crippen LogP contribution in [0, 0.1) is 0 Å². The van der Waals surface area contributed by atoms with Crippen LogP contribution < -0.4 is 9.80 Å². The van der Waals surface area contributed by atoms with Crippen LogP contribution >= 0.6 is 0 Å². The number of ketones is 2. The third-order valence-corrected chi connectivity index (χ3v) is 12.8. The number of Topliss-reactive ketones (excluding diaryl/α,β-unsaturated/α-hetero) is 2. The predicted octanol–water partition coefficient (Wildman–Crippen LogP) is 6.32. The summed E-state index contributed by atoms with van der Waals surface area (Å²) in [4.78, 5) is 46.4. The zero-order chi connectivity index (χ0) is 37.5. The molecule has 1 saturated carbocycles. The number of piperazine rings is 1. The van der Waals surface area contributed by atoms with E-state index in [9.17, 15) is 19.5 Å². The van der Waals surface area contributed by atoms with E-state index in [1.807, 2.05) is 24.3 Å². The molecule has 0 spiro atoms. The van der Waals surface area contributed by atoms with E-state index in [4.69, 9.17) is 4.74 Å². The molecule has 3 fully saturated rings. The average Bonchev–Trinajstić information content (AvgIpc) is 3.82. The van der Waals surface area contributed by atoms with Crippen molar-refractivity contribution in [2.75, 3.05) is 62.2 Å². The number of fused-ring (bicyclic) bond motifs is 2. The molecule has 9 heteroatoms. The van der Waals surface area contributed by atoms with Crippen LogP contribution in [0.3, 0.4) is 0 Å². The van der Waals surface area contributed by atoms with Gasteiger partial charge in [-0.25, -0.2) is 0 Å². The number of nitrogens with zero attached hydrogens (tertiary/aromatic N) is 4. The molecule has 4 aromatic rings. The molecule has 3 heterocycles. The van der Waals surface area contributed by atoms with Crippen LogP contribution in [0.5, 0.6) is 5.75 Å². The number of hydrogen-bond donors (Lipinski definition) is 1. The molecule has 9 nitrogen and oxygen atoms in total. The first-order valence-corrected chi connectivity index (χ1v) is 20.2. The molecule has 0 aromatic heterocycles. The lowest BCUT2D eigenvalue weighted by atomic mass is 9.69. The molecule has 3 aliphatic heterocycles. The summed E-state index contributed by atoms with van der Waals surface area (Å²) >= 11 is 0. The number of phenols is 1. The SMILES string of the molecule is O=C1CCC(N2Cc3cc(N4CCN(CCO[C@H]5CCN(c6ccc([C@@H]7c8ccc(O)cc8CC[C@@H]7c7ccccc7)cc6)C5)CC4)ccc3C2=O)C(=O)C1. The molecule has 5 aliphatic rings. The van der Waals surface area contributed by atoms with Gasteiger partial charge in [0.1, 0.15) is 11.5 Å². The van der Waals surface area contributed by atoms with Crippen molar-refractivity contribution in [2.24, 2.45) is 0 Å². The Morgan fingerprint density at radius 2 is 1.51 bits per heavy atom. The second-order valence-electron chi connectivity index (χ2n) is 16.1. The number of hydrogen-bond acceptors (Lipinski definition) is 8. The van der Waals surface area contributed by atoms with Crippen molar-refractivity contribution >= 4 is 28.8 Å². The van der Waals surface area contributed by atoms with Gasteiger partial charge in [-0.05, 0) is 102 Å². The molecular weight excluding hydrogens is 689 g/mol. The summed E-state index contributed by atoms with van der Waals surface area (Å²) in [7, 11) is 0. The average molecular weight is 739 g/mol. The highest BCUT2D eigenvalue weighted by Crippen LogP contribution is 2.47. The van der Waals surface area contributed by atoms with Crippen molar-refractivity contribution in [2.45, 2.75) is 69.1 Å². The molecule has 2 aliphatic carbocycles. The zero-order valence-electron chi connectivity index (χ0n) is 31.4. The van der Waals surface area contributed by atoms with Crippen LogP contribution in [0.2, 0.25) is 0 Å². The van der Waals surface area contributed by atoms with E-state index in [2.05, 4.69) is 81.4 Å². The monoisotopic (exact) mass is 738 g/mol. The third-order valence-electron chi connectivity index (χ3n) is 12.8. The van der Waals surface area contributed by atoms with Crippen LogP contribution in [-0.2, 0) is 27.3 Å². The Morgan fingerprint density at radius 3 is 2.31 bits per heavy atom. The van der Waals surface area contributed by atoms with Gasteiger partial charge in [-0.15, -0.1) is 0 Å². The molecule has 55 heavy (non-hydrogen) atoms. The van der Waals surface area contributed by atoms with Gasteiger partial charge in [-0.2, -0.15) is 0 Å². The summed E-state index contributed by atoms with van der Waals surface area (Å²) in [5.41, 5.74) is 9.28. The summed E-state index contributed by atoms with van der Waals surface area (Å²) in [6.45, 7) is 7.68. The molecule has 4 atom stereocenters. The Kier molecular flexibility index (Phi) is 9.91. The number of aryl methyl sites for hydroxylation is 1. The third kappa shape index (κ3) is 7.28. The maximum Gasteiger partial charge on any atom is 0.255 e. The normalized spacial score (nSPS) is 24.4. The Bertz CT molecular complexity index is 2060. The van der Waals surface area contributed by atoms with Gasteiger partial charge in [0.25, 0.3) is 5.91 Å². The van der Waals surface area contributed by atoms with Crippen molar-refractivity contribution < 1.29 is 24.2 Å². The van der Waals surface area contributed by atoms with Crippen LogP contribution in [0.1, 0.15) is 82.1 Å². The van der Waals surface area contributed by atoms with E-state index in [1.54, 1.807) is 4.90 Å². The van der Waals surface area contributed by atoms with Crippen molar-refractivity contribution in [3.63, 3.8) is 0 Å². The van der Waals surface area contributed by atoms with E-state index in [0.29, 0.717) is 36.6 Å². The van der Waals surface area contributed by atoms with E-state index < -0.39 is 6.04 Å². The molecule has 1 unspecified atom stereocenters. The summed E-state index contributed by atoms with van der Waals surface area (Å²) in [6, 6.07) is 31.6. The van der Waals surface area contributed by atoms with Gasteiger partial charge in [0.15, 0.2) is 5.78 Å². The zero-order valence-corrected chi connectivity index (χ0v) is 31.4. The number of amides is 1. The minimum Gasteiger partial charge on any atom is -0.508 e. The second-order valence-corrected chi connectivity index (χ2v) is 16.1. The van der Waals surface area contributed by atoms with Gasteiger partial charge in [0, 0.05) is 81.6 Å². The Balaban J connectivity index is 0.753. The molecule has 284 valence electrons. The molecule has 2 saturated heterocycles. The number of carbonyl (C=O) groups is 3. The first-order chi connectivity index (χ1) is 26.9. The topological polar surface area (TPSA) is 93.6 Å². The number of aromatic hydroxyl groups is 1. The molecule has 4 aromatic carbocycles. The summed E-state index contributed by atoms with van der Waals surface area (Å²) in [5, 5.41) is 10.2. The lowest BCUT2D eigenvalue weighted by Crippen LogP contribution is -2.47. The minimum atomic E-state index is -0.483. The van der Waals surface area contributed by atoms with Crippen LogP contribution in [0.15, 0.2) is 91.0 Å². The summed E-state index contributed by atoms with van der Waals surface area (Å²) in [6.07, 6.45) is 4.02. The van der Waals surface area contributed by atoms with E-state index in [1.165, 1.54) is 27.9 Å². The van der Waals surface area contributed by atoms with Crippen molar-refractivity contribution in [1.82, 2.24) is 9.80 Å². The fraction of sp³-hybridized carbons (Fsp3) is 0.413. The molecule has 1 amide bonds. The Morgan fingerprint density at radius 1 is 0.709 bits per heavy atom. The fourth-order valence-corrected chi connectivity index (χ4v) is 9.81. The van der Waals surface area contributed by atoms with Gasteiger partial charge in [-0.3, -0.25) is 19.3 Å². The smallest absolute Gasteiger partial charge is 0.255 e. The van der Waals surface area contributed by atoms with Crippen molar-refractivity contribution in [3.05, 3.63) is 124 Å². The van der Waals surface area contributed by atoms with Crippen molar-refractivity contribution in [1.29, 1.82) is 0 Å². The van der Waals surface area contributed by atoms with Crippen LogP contribution in [-0.4, -0.2) is 96.9 Å². The molecule has 0 bridgehead atoms. The molecule has 1 N–H and O–H groups in total. The molecule has 0 radical (unpaired) electrons. The number of rotatable bonds is 9. The lowest BCUT2D eigenvalue weighted by Gasteiger charge is -2.36. The number of ether oxygens (including phenoxy) is 1. The summed E-state index contributed by atoms with van der Waals surface area (Å²) in [5.74, 6) is 0.737. The van der Waals surface area contributed by atoms with E-state index in [-0.39, 0.29) is 35.9 Å². The lowest BCUT2D eigenvalue weighted by molar-refractivity contribution is -0.133. The van der Waals surface area contributed by atoms with Crippen molar-refractivity contribution in [3.8, 4) is 5.75 Å². The second kappa shape index (κ2) is 15.3. The molecule has 9 rings (SSSR count). The first kappa shape index (κ1) is 35.7. The Hall–Kier alpha value is -4.99. The summed E-state index contributed by atoms with van der Waals surface area (Å²) < 4.78 is 6.44. The standard InChI is InChI=1S/C46H50N4O5/c51-37-12-16-41-33(27-37)8-14-40(31-4-2-1-3-5-31)45(41)32-6-9-35(10-7-32)49-19-18-39(30-49)55-25-24-47-20-22-48(23-21-47)36-11-15-42-34(26-36)29-50(46(42)54)43-17-13-38(52)28-44(43)53/h1-7,9-12,15-16,26-27,39-40,43,45,51H,8,13-14,17-25,28-30H2/t39-,40+,43?,45-/m0/s1. The number of anilines is 2. The predicted molar refractivity (Wildman–Crippen MR) is 213 cm³/mol. The van der Waals surface area contributed by atoms with Gasteiger partial charge < -0.3 is 24.5 Å². The highest BCUT2D eigenvalue weighted by atomic mass is 16.5. The quantitative estimate of drug-likeness (QED) is 0.200. The largest absolute Gasteiger partial charge is 0.508 e. The molecular formula is C46H50N4O5. The number of phenolic OH excluding ortho intramolecular Hbond substituents is 1. The van der Waals surface area contributed by atoms with E-state index in [0.717, 1.165) is 82.9 Å². The van der Waals surface area contributed by atoms with Crippen LogP contribution in [0.25, 0.3) is 0 Å². The number of benzene rings is 4. The maximum atomic E-state index is 13.1. The minimum absolute atomic E-state index is 0.0235. The van der Waals surface area contributed by atoms with Gasteiger partial charge in [0.05, 0.1) is 25.2 Å². The van der Waals surface area contributed by atoms with Crippen LogP contribution in [0.4, 0.5) is 11.4 Å². The highest BCUT2D eigenvalue weighted by Gasteiger charge is 2.39. The first-order valence-electron chi connectivity index (χ1n) is 20.2. The van der Waals surface area contributed by atoms with Gasteiger partial charge in [-0.1, -0.05) is 48.5 Å². The number of carbonyl (C=O) groups excluding carboxylic acids is 3. The fourth-order valence-electron chi connectivity index (χ4n) is 9.81. The maximum absolute atomic E-state index is 13.1.